The van der Waals surface area contributed by atoms with Crippen LogP contribution in [0, 0.1) is 11.8 Å². The van der Waals surface area contributed by atoms with Crippen LogP contribution in [-0.4, -0.2) is 49.0 Å². The van der Waals surface area contributed by atoms with Gasteiger partial charge in [0.2, 0.25) is 5.91 Å². The number of aromatic nitrogens is 3. The first-order valence-electron chi connectivity index (χ1n) is 7.61. The molecule has 4 unspecified atom stereocenters. The summed E-state index contributed by atoms with van der Waals surface area (Å²) in [7, 11) is 0. The average Bonchev–Trinajstić information content (AvgIpc) is 3.05. The van der Waals surface area contributed by atoms with Crippen LogP contribution in [0.2, 0.25) is 0 Å². The summed E-state index contributed by atoms with van der Waals surface area (Å²) in [5.74, 6) is -2.59. The number of carbonyl (C=O) groups excluding carboxylic acids is 2. The van der Waals surface area contributed by atoms with Gasteiger partial charge in [0.25, 0.3) is 0 Å². The van der Waals surface area contributed by atoms with Crippen molar-refractivity contribution in [2.24, 2.45) is 11.8 Å². The Bertz CT molecular complexity index is 898. The summed E-state index contributed by atoms with van der Waals surface area (Å²) >= 11 is 2.54. The molecule has 0 aliphatic carbocycles. The van der Waals surface area contributed by atoms with Crippen molar-refractivity contribution in [3.63, 3.8) is 0 Å². The summed E-state index contributed by atoms with van der Waals surface area (Å²) in [6, 6.07) is -0.364. The van der Waals surface area contributed by atoms with E-state index < -0.39 is 18.0 Å². The summed E-state index contributed by atoms with van der Waals surface area (Å²) in [5, 5.41) is 21.5. The Balaban J connectivity index is 0.00000196. The Labute approximate surface area is 179 Å². The number of β-lactam (4-membered cyclic amide) rings is 1. The van der Waals surface area contributed by atoms with Crippen LogP contribution in [0.15, 0.2) is 27.5 Å². The molecule has 4 heterocycles. The minimum atomic E-state index is -1.39. The van der Waals surface area contributed by atoms with E-state index in [1.165, 1.54) is 34.3 Å². The molecule has 2 aromatic rings. The fourth-order valence-electron chi connectivity index (χ4n) is 3.46. The molecule has 0 radical (unpaired) electrons. The molecule has 0 saturated carbocycles. The standard InChI is InChI=1S/C15H14N4O4S2.Na/c1-5-9-8(6(2)20)13(21)19(9)10(14(22)23)11(5)24-15-18-7-3-16-4-17-12(7)25-15;/h3-6,8-9,20H,1-2H3,(H,22,23);/q;+1/p-1. The maximum atomic E-state index is 12.3. The molecule has 1 amide bonds. The van der Waals surface area contributed by atoms with Gasteiger partial charge in [0.15, 0.2) is 4.34 Å². The second kappa shape index (κ2) is 7.17. The van der Waals surface area contributed by atoms with E-state index in [0.29, 0.717) is 19.6 Å². The maximum absolute atomic E-state index is 12.3. The molecule has 4 rings (SSSR count). The van der Waals surface area contributed by atoms with E-state index in [2.05, 4.69) is 15.0 Å². The molecule has 2 aliphatic heterocycles. The van der Waals surface area contributed by atoms with Gasteiger partial charge in [-0.1, -0.05) is 30.0 Å². The number of amides is 1. The number of aliphatic carboxylic acids is 1. The van der Waals surface area contributed by atoms with Gasteiger partial charge in [0.05, 0.1) is 35.9 Å². The Hall–Kier alpha value is -1.04. The number of thiazole rings is 1. The van der Waals surface area contributed by atoms with Crippen molar-refractivity contribution in [1.82, 2.24) is 19.9 Å². The second-order valence-corrected chi connectivity index (χ2v) is 8.32. The predicted molar refractivity (Wildman–Crippen MR) is 88.1 cm³/mol. The monoisotopic (exact) mass is 400 g/mol. The molecule has 11 heteroatoms. The summed E-state index contributed by atoms with van der Waals surface area (Å²) in [5.41, 5.74) is 0.521. The van der Waals surface area contributed by atoms with Gasteiger partial charge in [-0.25, -0.2) is 15.0 Å². The third-order valence-electron chi connectivity index (χ3n) is 4.55. The molecule has 4 atom stereocenters. The number of hydrogen-bond acceptors (Lipinski definition) is 9. The summed E-state index contributed by atoms with van der Waals surface area (Å²) < 4.78 is 0.625. The zero-order chi connectivity index (χ0) is 17.9. The molecule has 0 spiro atoms. The summed E-state index contributed by atoms with van der Waals surface area (Å²) in [6.07, 6.45) is 2.19. The Kier molecular flexibility index (Phi) is 5.44. The van der Waals surface area contributed by atoms with Gasteiger partial charge in [0.1, 0.15) is 16.7 Å². The van der Waals surface area contributed by atoms with E-state index in [0.717, 1.165) is 0 Å². The fourth-order valence-corrected chi connectivity index (χ4v) is 5.68. The fraction of sp³-hybridized carbons (Fsp3) is 0.400. The van der Waals surface area contributed by atoms with E-state index in [1.807, 2.05) is 6.92 Å². The van der Waals surface area contributed by atoms with E-state index in [4.69, 9.17) is 0 Å². The normalized spacial score (nSPS) is 25.7. The number of aliphatic hydroxyl groups is 1. The number of hydrogen-bond donors (Lipinski definition) is 1. The third kappa shape index (κ3) is 2.88. The molecule has 8 nitrogen and oxygen atoms in total. The molecule has 1 N–H and O–H groups in total. The first-order valence-corrected chi connectivity index (χ1v) is 9.24. The first kappa shape index (κ1) is 19.7. The van der Waals surface area contributed by atoms with Gasteiger partial charge >= 0.3 is 29.6 Å². The number of carboxylic acid groups (broad SMARTS) is 1. The maximum Gasteiger partial charge on any atom is 1.00 e. The van der Waals surface area contributed by atoms with Gasteiger partial charge in [-0.05, 0) is 6.92 Å². The van der Waals surface area contributed by atoms with Crippen molar-refractivity contribution in [3.8, 4) is 0 Å². The summed E-state index contributed by atoms with van der Waals surface area (Å²) in [6.45, 7) is 3.40. The van der Waals surface area contributed by atoms with Crippen molar-refractivity contribution in [3.05, 3.63) is 23.1 Å². The van der Waals surface area contributed by atoms with E-state index in [9.17, 15) is 19.8 Å². The van der Waals surface area contributed by atoms with Gasteiger partial charge < -0.3 is 19.9 Å². The third-order valence-corrected chi connectivity index (χ3v) is 6.88. The molecular formula is C15H13N4NaO4S2. The number of nitrogens with zero attached hydrogens (tertiary/aromatic N) is 4. The van der Waals surface area contributed by atoms with Gasteiger partial charge in [-0.2, -0.15) is 0 Å². The molecule has 26 heavy (non-hydrogen) atoms. The number of rotatable bonds is 4. The number of aliphatic hydroxyl groups excluding tert-OH is 1. The molecule has 2 aromatic heterocycles. The van der Waals surface area contributed by atoms with Gasteiger partial charge in [0, 0.05) is 10.8 Å². The molecule has 1 saturated heterocycles. The van der Waals surface area contributed by atoms with Crippen LogP contribution >= 0.6 is 23.1 Å². The van der Waals surface area contributed by atoms with Crippen LogP contribution in [-0.2, 0) is 9.59 Å². The topological polar surface area (TPSA) is 119 Å². The molecule has 0 aromatic carbocycles. The smallest absolute Gasteiger partial charge is 0.543 e. The van der Waals surface area contributed by atoms with Gasteiger partial charge in [-0.3, -0.25) is 4.79 Å². The van der Waals surface area contributed by atoms with Crippen LogP contribution in [0.4, 0.5) is 0 Å². The van der Waals surface area contributed by atoms with Crippen molar-refractivity contribution in [2.75, 3.05) is 0 Å². The molecular weight excluding hydrogens is 387 g/mol. The quantitative estimate of drug-likeness (QED) is 0.426. The molecule has 130 valence electrons. The number of carboxylic acids is 1. The van der Waals surface area contributed by atoms with Crippen molar-refractivity contribution >= 4 is 45.3 Å². The molecule has 0 bridgehead atoms. The number of carbonyl (C=O) groups is 2. The van der Waals surface area contributed by atoms with Crippen molar-refractivity contribution in [2.45, 2.75) is 30.3 Å². The van der Waals surface area contributed by atoms with Crippen molar-refractivity contribution in [1.29, 1.82) is 0 Å². The zero-order valence-electron chi connectivity index (χ0n) is 14.2. The van der Waals surface area contributed by atoms with Crippen LogP contribution in [0.5, 0.6) is 0 Å². The second-order valence-electron chi connectivity index (χ2n) is 6.05. The van der Waals surface area contributed by atoms with Crippen LogP contribution < -0.4 is 34.7 Å². The predicted octanol–water partition coefficient (Wildman–Crippen LogP) is -3.00. The Morgan fingerprint density at radius 2 is 2.23 bits per heavy atom. The van der Waals surface area contributed by atoms with Gasteiger partial charge in [-0.15, -0.1) is 0 Å². The minimum absolute atomic E-state index is 0. The van der Waals surface area contributed by atoms with E-state index in [1.54, 1.807) is 13.1 Å². The average molecular weight is 400 g/mol. The number of thioether (sulfide) groups is 1. The Morgan fingerprint density at radius 3 is 2.85 bits per heavy atom. The van der Waals surface area contributed by atoms with Crippen LogP contribution in [0.1, 0.15) is 13.8 Å². The summed E-state index contributed by atoms with van der Waals surface area (Å²) in [4.78, 5) is 38.9. The largest absolute Gasteiger partial charge is 1.00 e. The van der Waals surface area contributed by atoms with Crippen LogP contribution in [0.3, 0.4) is 0 Å². The number of fused-ring (bicyclic) bond motifs is 2. The van der Waals surface area contributed by atoms with Crippen LogP contribution in [0.25, 0.3) is 10.3 Å². The SMILES string of the molecule is CC(O)C1C(=O)N2C(C(=O)[O-])=C(Sc3nc4cncnc4s3)C(C)C12.[Na+]. The molecule has 2 aliphatic rings. The van der Waals surface area contributed by atoms with E-state index in [-0.39, 0.29) is 53.1 Å². The molecule has 1 fully saturated rings. The minimum Gasteiger partial charge on any atom is -0.543 e. The van der Waals surface area contributed by atoms with Crippen molar-refractivity contribution < 1.29 is 49.4 Å². The Morgan fingerprint density at radius 1 is 1.50 bits per heavy atom. The zero-order valence-corrected chi connectivity index (χ0v) is 17.9. The first-order chi connectivity index (χ1) is 11.9. The van der Waals surface area contributed by atoms with E-state index >= 15 is 0 Å².